The van der Waals surface area contributed by atoms with Crippen LogP contribution in [0.1, 0.15) is 5.82 Å². The van der Waals surface area contributed by atoms with Crippen molar-refractivity contribution >= 4 is 33.5 Å². The molecule has 118 valence electrons. The van der Waals surface area contributed by atoms with Gasteiger partial charge in [-0.1, -0.05) is 12.1 Å². The molecule has 0 amide bonds. The van der Waals surface area contributed by atoms with Gasteiger partial charge < -0.3 is 14.9 Å². The summed E-state index contributed by atoms with van der Waals surface area (Å²) in [7, 11) is 1.99. The Morgan fingerprint density at radius 3 is 2.79 bits per heavy atom. The second-order valence-corrected chi connectivity index (χ2v) is 5.92. The third-order valence-electron chi connectivity index (χ3n) is 4.45. The number of rotatable bonds is 2. The quantitative estimate of drug-likeness (QED) is 0.506. The number of anilines is 1. The molecule has 5 aromatic rings. The Labute approximate surface area is 137 Å². The van der Waals surface area contributed by atoms with E-state index in [2.05, 4.69) is 30.2 Å². The van der Waals surface area contributed by atoms with Crippen LogP contribution in [0, 0.1) is 0 Å². The molecule has 0 unspecified atom stereocenters. The Hall–Kier alpha value is -3.35. The Morgan fingerprint density at radius 2 is 1.88 bits per heavy atom. The van der Waals surface area contributed by atoms with Crippen molar-refractivity contribution < 1.29 is 0 Å². The van der Waals surface area contributed by atoms with Gasteiger partial charge in [0.25, 0.3) is 0 Å². The number of aryl methyl sites for hydroxylation is 1. The van der Waals surface area contributed by atoms with Gasteiger partial charge in [-0.2, -0.15) is 0 Å². The fourth-order valence-corrected chi connectivity index (χ4v) is 3.27. The van der Waals surface area contributed by atoms with Gasteiger partial charge in [0.1, 0.15) is 0 Å². The highest BCUT2D eigenvalue weighted by Crippen LogP contribution is 2.23. The summed E-state index contributed by atoms with van der Waals surface area (Å²) in [6.07, 6.45) is 1.84. The van der Waals surface area contributed by atoms with Crippen molar-refractivity contribution in [2.45, 2.75) is 6.54 Å². The van der Waals surface area contributed by atoms with Crippen LogP contribution >= 0.6 is 0 Å². The van der Waals surface area contributed by atoms with E-state index in [0.717, 1.165) is 39.4 Å². The summed E-state index contributed by atoms with van der Waals surface area (Å²) in [6.45, 7) is 0.593. The predicted molar refractivity (Wildman–Crippen MR) is 92.7 cm³/mol. The molecule has 0 aliphatic heterocycles. The van der Waals surface area contributed by atoms with Crippen LogP contribution in [-0.2, 0) is 13.6 Å². The number of hydrogen-bond donors (Lipinski definition) is 1. The Kier molecular flexibility index (Phi) is 2.50. The molecule has 0 saturated carbocycles. The summed E-state index contributed by atoms with van der Waals surface area (Å²) < 4.78 is 6.16. The van der Waals surface area contributed by atoms with Crippen LogP contribution in [0.15, 0.2) is 48.8 Å². The fourth-order valence-electron chi connectivity index (χ4n) is 3.27. The van der Waals surface area contributed by atoms with Crippen LogP contribution in [-0.4, -0.2) is 28.7 Å². The first-order valence-electron chi connectivity index (χ1n) is 7.70. The van der Waals surface area contributed by atoms with Gasteiger partial charge in [-0.15, -0.1) is 10.2 Å². The van der Waals surface area contributed by atoms with Crippen molar-refractivity contribution in [2.24, 2.45) is 7.05 Å². The van der Waals surface area contributed by atoms with E-state index in [1.54, 1.807) is 0 Å². The minimum absolute atomic E-state index is 0.593. The zero-order chi connectivity index (χ0) is 16.3. The largest absolute Gasteiger partial charge is 0.399 e. The van der Waals surface area contributed by atoms with Crippen LogP contribution in [0.2, 0.25) is 0 Å². The maximum atomic E-state index is 5.97. The van der Waals surface area contributed by atoms with Gasteiger partial charge in [-0.3, -0.25) is 4.40 Å². The summed E-state index contributed by atoms with van der Waals surface area (Å²) >= 11 is 0. The van der Waals surface area contributed by atoms with Crippen LogP contribution < -0.4 is 5.73 Å². The van der Waals surface area contributed by atoms with Crippen molar-refractivity contribution in [2.75, 3.05) is 5.73 Å². The normalized spacial score (nSPS) is 11.9. The summed E-state index contributed by atoms with van der Waals surface area (Å²) in [6, 6.07) is 13.9. The number of aromatic nitrogens is 6. The van der Waals surface area contributed by atoms with Crippen molar-refractivity contribution in [3.05, 3.63) is 54.6 Å². The number of para-hydroxylation sites is 2. The maximum Gasteiger partial charge on any atom is 0.236 e. The van der Waals surface area contributed by atoms with E-state index in [-0.39, 0.29) is 0 Å². The van der Waals surface area contributed by atoms with Gasteiger partial charge in [-0.05, 0) is 30.3 Å². The van der Waals surface area contributed by atoms with Crippen LogP contribution in [0.3, 0.4) is 0 Å². The van der Waals surface area contributed by atoms with E-state index >= 15 is 0 Å². The predicted octanol–water partition coefficient (Wildman–Crippen LogP) is 2.20. The highest BCUT2D eigenvalue weighted by atomic mass is 15.3. The molecule has 7 heteroatoms. The molecule has 0 saturated heterocycles. The number of fused-ring (bicyclic) bond motifs is 4. The molecule has 0 fully saturated rings. The SMILES string of the molecule is Cn1c2ccc(N)cc2n2c(Cn3cnc4ccccc43)nnc12. The molecule has 5 rings (SSSR count). The third-order valence-corrected chi connectivity index (χ3v) is 4.45. The van der Waals surface area contributed by atoms with Gasteiger partial charge in [-0.25, -0.2) is 4.98 Å². The highest BCUT2D eigenvalue weighted by molar-refractivity contribution is 5.83. The Balaban J connectivity index is 1.74. The van der Waals surface area contributed by atoms with E-state index < -0.39 is 0 Å². The maximum absolute atomic E-state index is 5.97. The number of benzene rings is 2. The summed E-state index contributed by atoms with van der Waals surface area (Å²) in [5.41, 5.74) is 10.8. The zero-order valence-corrected chi connectivity index (χ0v) is 13.1. The molecule has 3 heterocycles. The molecule has 0 aliphatic rings. The molecule has 0 atom stereocenters. The monoisotopic (exact) mass is 317 g/mol. The zero-order valence-electron chi connectivity index (χ0n) is 13.1. The number of imidazole rings is 2. The Bertz CT molecular complexity index is 1210. The molecule has 3 aromatic heterocycles. The van der Waals surface area contributed by atoms with Gasteiger partial charge in [0.15, 0.2) is 5.82 Å². The van der Waals surface area contributed by atoms with Crippen LogP contribution in [0.25, 0.3) is 27.8 Å². The van der Waals surface area contributed by atoms with E-state index in [9.17, 15) is 0 Å². The highest BCUT2D eigenvalue weighted by Gasteiger charge is 2.16. The standard InChI is InChI=1S/C17H15N7/c1-22-14-7-6-11(18)8-15(14)24-16(20-21-17(22)24)9-23-10-19-12-4-2-3-5-13(12)23/h2-8,10H,9,18H2,1H3. The number of nitrogen functional groups attached to an aromatic ring is 1. The van der Waals surface area contributed by atoms with E-state index in [1.807, 2.05) is 54.3 Å². The third kappa shape index (κ3) is 1.69. The lowest BCUT2D eigenvalue weighted by molar-refractivity contribution is 0.757. The smallest absolute Gasteiger partial charge is 0.236 e. The van der Waals surface area contributed by atoms with Crippen LogP contribution in [0.5, 0.6) is 0 Å². The van der Waals surface area contributed by atoms with E-state index in [0.29, 0.717) is 6.54 Å². The first kappa shape index (κ1) is 13.1. The fraction of sp³-hybridized carbons (Fsp3) is 0.118. The second kappa shape index (κ2) is 4.58. The summed E-state index contributed by atoms with van der Waals surface area (Å²) in [5.74, 6) is 1.65. The minimum Gasteiger partial charge on any atom is -0.399 e. The lowest BCUT2D eigenvalue weighted by atomic mass is 10.3. The molecule has 7 nitrogen and oxygen atoms in total. The molecule has 2 N–H and O–H groups in total. The van der Waals surface area contributed by atoms with Gasteiger partial charge in [0, 0.05) is 12.7 Å². The molecule has 24 heavy (non-hydrogen) atoms. The second-order valence-electron chi connectivity index (χ2n) is 5.92. The average Bonchev–Trinajstić information content (AvgIpc) is 3.25. The lowest BCUT2D eigenvalue weighted by Gasteiger charge is -2.03. The minimum atomic E-state index is 0.593. The topological polar surface area (TPSA) is 79.0 Å². The van der Waals surface area contributed by atoms with Gasteiger partial charge in [0.05, 0.1) is 34.9 Å². The van der Waals surface area contributed by atoms with Crippen molar-refractivity contribution in [1.82, 2.24) is 28.7 Å². The lowest BCUT2D eigenvalue weighted by Crippen LogP contribution is -2.03. The van der Waals surface area contributed by atoms with E-state index in [4.69, 9.17) is 5.73 Å². The average molecular weight is 317 g/mol. The molecule has 0 spiro atoms. The summed E-state index contributed by atoms with van der Waals surface area (Å²) in [5, 5.41) is 8.73. The van der Waals surface area contributed by atoms with Crippen molar-refractivity contribution in [3.8, 4) is 0 Å². The van der Waals surface area contributed by atoms with Crippen molar-refractivity contribution in [1.29, 1.82) is 0 Å². The summed E-state index contributed by atoms with van der Waals surface area (Å²) in [4.78, 5) is 4.44. The van der Waals surface area contributed by atoms with Crippen LogP contribution in [0.4, 0.5) is 5.69 Å². The van der Waals surface area contributed by atoms with Gasteiger partial charge >= 0.3 is 0 Å². The number of hydrogen-bond acceptors (Lipinski definition) is 4. The van der Waals surface area contributed by atoms with Crippen molar-refractivity contribution in [3.63, 3.8) is 0 Å². The molecular formula is C17H15N7. The Morgan fingerprint density at radius 1 is 1.00 bits per heavy atom. The molecular weight excluding hydrogens is 302 g/mol. The molecule has 2 aromatic carbocycles. The number of nitrogens with zero attached hydrogens (tertiary/aromatic N) is 6. The number of nitrogens with two attached hydrogens (primary N) is 1. The molecule has 0 bridgehead atoms. The van der Waals surface area contributed by atoms with E-state index in [1.165, 1.54) is 0 Å². The first-order chi connectivity index (χ1) is 11.7. The van der Waals surface area contributed by atoms with Gasteiger partial charge in [0.2, 0.25) is 5.78 Å². The first-order valence-corrected chi connectivity index (χ1v) is 7.70. The molecule has 0 radical (unpaired) electrons. The molecule has 0 aliphatic carbocycles.